The third kappa shape index (κ3) is 9.90. The monoisotopic (exact) mass is 494 g/mol. The Morgan fingerprint density at radius 1 is 0.444 bits per heavy atom. The molecule has 4 amide bonds. The van der Waals surface area contributed by atoms with E-state index < -0.39 is 17.7 Å². The normalized spacial score (nSPS) is 15.2. The van der Waals surface area contributed by atoms with Crippen molar-refractivity contribution in [1.82, 2.24) is 4.90 Å². The van der Waals surface area contributed by atoms with Crippen LogP contribution in [-0.2, 0) is 0 Å². The zero-order valence-electron chi connectivity index (χ0n) is 20.9. The zero-order valence-corrected chi connectivity index (χ0v) is 20.9. The van der Waals surface area contributed by atoms with Gasteiger partial charge in [0.25, 0.3) is 5.91 Å². The summed E-state index contributed by atoms with van der Waals surface area (Å²) in [6, 6.07) is 12.5. The van der Waals surface area contributed by atoms with Gasteiger partial charge < -0.3 is 22.1 Å². The van der Waals surface area contributed by atoms with Crippen LogP contribution >= 0.6 is 0 Å². The molecule has 1 heterocycles. The lowest BCUT2D eigenvalue weighted by molar-refractivity contribution is 0.0748. The molecule has 0 spiro atoms. The lowest BCUT2D eigenvalue weighted by atomic mass is 10.1. The molecule has 3 rings (SSSR count). The summed E-state index contributed by atoms with van der Waals surface area (Å²) in [5.74, 6) is -1.44. The van der Waals surface area contributed by atoms with Gasteiger partial charge in [0.15, 0.2) is 0 Å². The van der Waals surface area contributed by atoms with Crippen molar-refractivity contribution in [2.24, 2.45) is 17.2 Å². The van der Waals surface area contributed by atoms with Crippen LogP contribution in [0.3, 0.4) is 0 Å². The maximum absolute atomic E-state index is 12.8. The minimum atomic E-state index is -0.522. The number of hydrogen-bond acceptors (Lipinski definition) is 4. The Morgan fingerprint density at radius 2 is 0.694 bits per heavy atom. The Kier molecular flexibility index (Phi) is 12.2. The molecule has 1 saturated heterocycles. The van der Waals surface area contributed by atoms with E-state index in [9.17, 15) is 19.2 Å². The van der Waals surface area contributed by atoms with Crippen LogP contribution < -0.4 is 17.2 Å². The Morgan fingerprint density at radius 3 is 0.972 bits per heavy atom. The average molecular weight is 495 g/mol. The standard InChI is InChI=1S/C20H30N2O2.C8H8N2O2/c21-19(23)17-11-13-18(14-12-17)20(24)22-15-9-7-5-3-1-2-4-6-8-10-16-22;9-7(11)5-1-2-6(4-3-5)8(10)12/h11-14H,1-10,15-16H2,(H2,21,23);1-4H,(H2,9,11)(H2,10,12). The largest absolute Gasteiger partial charge is 0.366 e. The van der Waals surface area contributed by atoms with Crippen molar-refractivity contribution in [2.75, 3.05) is 13.1 Å². The molecule has 1 aliphatic rings. The van der Waals surface area contributed by atoms with E-state index in [2.05, 4.69) is 0 Å². The van der Waals surface area contributed by atoms with Crippen molar-refractivity contribution in [3.05, 3.63) is 70.8 Å². The van der Waals surface area contributed by atoms with Gasteiger partial charge in [0.2, 0.25) is 17.7 Å². The lowest BCUT2D eigenvalue weighted by Gasteiger charge is -2.23. The van der Waals surface area contributed by atoms with Crippen molar-refractivity contribution in [2.45, 2.75) is 64.2 Å². The van der Waals surface area contributed by atoms with E-state index in [4.69, 9.17) is 17.2 Å². The molecule has 8 heteroatoms. The van der Waals surface area contributed by atoms with Crippen LogP contribution in [0, 0.1) is 0 Å². The van der Waals surface area contributed by atoms with Crippen molar-refractivity contribution in [3.63, 3.8) is 0 Å². The minimum absolute atomic E-state index is 0.0703. The first-order valence-electron chi connectivity index (χ1n) is 12.7. The van der Waals surface area contributed by atoms with Gasteiger partial charge >= 0.3 is 0 Å². The van der Waals surface area contributed by atoms with Gasteiger partial charge in [-0.1, -0.05) is 51.4 Å². The lowest BCUT2D eigenvalue weighted by Crippen LogP contribution is -2.33. The number of nitrogens with two attached hydrogens (primary N) is 3. The topological polar surface area (TPSA) is 150 Å². The highest BCUT2D eigenvalue weighted by molar-refractivity contribution is 5.97. The van der Waals surface area contributed by atoms with E-state index in [1.54, 1.807) is 24.3 Å². The summed E-state index contributed by atoms with van der Waals surface area (Å²) in [5, 5.41) is 0. The number of hydrogen-bond donors (Lipinski definition) is 3. The molecule has 2 aromatic carbocycles. The van der Waals surface area contributed by atoms with Gasteiger partial charge in [-0.2, -0.15) is 0 Å². The van der Waals surface area contributed by atoms with Gasteiger partial charge in [-0.25, -0.2) is 0 Å². The second-order valence-corrected chi connectivity index (χ2v) is 9.08. The molecule has 1 fully saturated rings. The second-order valence-electron chi connectivity index (χ2n) is 9.08. The molecule has 1 aliphatic heterocycles. The highest BCUT2D eigenvalue weighted by atomic mass is 16.2. The number of primary amides is 3. The summed E-state index contributed by atoms with van der Waals surface area (Å²) in [4.78, 5) is 47.1. The van der Waals surface area contributed by atoms with Gasteiger partial charge in [-0.3, -0.25) is 19.2 Å². The maximum atomic E-state index is 12.8. The molecule has 0 bridgehead atoms. The van der Waals surface area contributed by atoms with Crippen molar-refractivity contribution in [1.29, 1.82) is 0 Å². The van der Waals surface area contributed by atoms with E-state index in [1.807, 2.05) is 4.90 Å². The Hall–Kier alpha value is -3.68. The SMILES string of the molecule is NC(=O)c1ccc(C(=O)N2CCCCCCCCCCCC2)cc1.NC(=O)c1ccc(C(N)=O)cc1. The van der Waals surface area contributed by atoms with Crippen LogP contribution in [0.5, 0.6) is 0 Å². The summed E-state index contributed by atoms with van der Waals surface area (Å²) >= 11 is 0. The fourth-order valence-corrected chi connectivity index (χ4v) is 4.09. The number of carbonyl (C=O) groups is 4. The summed E-state index contributed by atoms with van der Waals surface area (Å²) in [7, 11) is 0. The van der Waals surface area contributed by atoms with Crippen molar-refractivity contribution >= 4 is 23.6 Å². The first-order chi connectivity index (χ1) is 17.3. The third-order valence-electron chi connectivity index (χ3n) is 6.26. The van der Waals surface area contributed by atoms with E-state index in [0.29, 0.717) is 22.3 Å². The van der Waals surface area contributed by atoms with Crippen molar-refractivity contribution < 1.29 is 19.2 Å². The predicted octanol–water partition coefficient (Wildman–Crippen LogP) is 4.03. The van der Waals surface area contributed by atoms with Gasteiger partial charge in [-0.15, -0.1) is 0 Å². The van der Waals surface area contributed by atoms with E-state index in [1.165, 1.54) is 75.6 Å². The van der Waals surface area contributed by atoms with E-state index in [0.717, 1.165) is 25.9 Å². The van der Waals surface area contributed by atoms with Gasteiger partial charge in [0, 0.05) is 35.3 Å². The molecule has 0 aromatic heterocycles. The molecule has 2 aromatic rings. The number of amides is 4. The molecule has 0 atom stereocenters. The molecule has 0 saturated carbocycles. The van der Waals surface area contributed by atoms with E-state index >= 15 is 0 Å². The molecular formula is C28H38N4O4. The quantitative estimate of drug-likeness (QED) is 0.588. The Bertz CT molecular complexity index is 956. The van der Waals surface area contributed by atoms with Crippen molar-refractivity contribution in [3.8, 4) is 0 Å². The third-order valence-corrected chi connectivity index (χ3v) is 6.26. The highest BCUT2D eigenvalue weighted by Crippen LogP contribution is 2.15. The minimum Gasteiger partial charge on any atom is -0.366 e. The fourth-order valence-electron chi connectivity index (χ4n) is 4.09. The van der Waals surface area contributed by atoms with Crippen LogP contribution in [-0.4, -0.2) is 41.6 Å². The van der Waals surface area contributed by atoms with E-state index in [-0.39, 0.29) is 5.91 Å². The molecule has 36 heavy (non-hydrogen) atoms. The van der Waals surface area contributed by atoms with Crippen LogP contribution in [0.1, 0.15) is 106 Å². The number of rotatable bonds is 4. The molecular weight excluding hydrogens is 456 g/mol. The number of nitrogens with zero attached hydrogens (tertiary/aromatic N) is 1. The smallest absolute Gasteiger partial charge is 0.253 e. The van der Waals surface area contributed by atoms with Crippen LogP contribution in [0.4, 0.5) is 0 Å². The van der Waals surface area contributed by atoms with Crippen LogP contribution in [0.25, 0.3) is 0 Å². The summed E-state index contributed by atoms with van der Waals surface area (Å²) < 4.78 is 0. The molecule has 6 N–H and O–H groups in total. The van der Waals surface area contributed by atoms with Gasteiger partial charge in [0.1, 0.15) is 0 Å². The summed E-state index contributed by atoms with van der Waals surface area (Å²) in [6.45, 7) is 1.66. The first kappa shape index (κ1) is 28.6. The molecule has 8 nitrogen and oxygen atoms in total. The van der Waals surface area contributed by atoms with Crippen LogP contribution in [0.15, 0.2) is 48.5 Å². The molecule has 194 valence electrons. The number of benzene rings is 2. The molecule has 0 unspecified atom stereocenters. The van der Waals surface area contributed by atoms with Gasteiger partial charge in [-0.05, 0) is 61.4 Å². The first-order valence-corrected chi connectivity index (χ1v) is 12.7. The van der Waals surface area contributed by atoms with Gasteiger partial charge in [0.05, 0.1) is 0 Å². The average Bonchev–Trinajstić information content (AvgIpc) is 2.90. The van der Waals surface area contributed by atoms with Crippen LogP contribution in [0.2, 0.25) is 0 Å². The Balaban J connectivity index is 0.000000319. The maximum Gasteiger partial charge on any atom is 0.253 e. The number of carbonyl (C=O) groups excluding carboxylic acids is 4. The predicted molar refractivity (Wildman–Crippen MR) is 141 cm³/mol. The highest BCUT2D eigenvalue weighted by Gasteiger charge is 2.16. The summed E-state index contributed by atoms with van der Waals surface area (Å²) in [5.41, 5.74) is 17.0. The molecule has 0 radical (unpaired) electrons. The molecule has 0 aliphatic carbocycles. The zero-order chi connectivity index (χ0) is 26.3. The fraction of sp³-hybridized carbons (Fsp3) is 0.429. The summed E-state index contributed by atoms with van der Waals surface area (Å²) in [6.07, 6.45) is 12.4. The Labute approximate surface area is 213 Å². The second kappa shape index (κ2) is 15.3.